The molecular weight excluding hydrogens is 310 g/mol. The Bertz CT molecular complexity index is 644. The van der Waals surface area contributed by atoms with Crippen molar-refractivity contribution >= 4 is 29.7 Å². The van der Waals surface area contributed by atoms with Crippen molar-refractivity contribution in [3.63, 3.8) is 0 Å². The van der Waals surface area contributed by atoms with Crippen molar-refractivity contribution in [1.82, 2.24) is 10.6 Å². The highest BCUT2D eigenvalue weighted by atomic mass is 35.5. The van der Waals surface area contributed by atoms with Crippen LogP contribution in [0.4, 0.5) is 11.4 Å². The van der Waals surface area contributed by atoms with E-state index in [1.807, 2.05) is 66.5 Å². The topological polar surface area (TPSA) is 44.4 Å². The van der Waals surface area contributed by atoms with Crippen molar-refractivity contribution in [2.75, 3.05) is 31.6 Å². The lowest BCUT2D eigenvalue weighted by atomic mass is 10.0. The van der Waals surface area contributed by atoms with Crippen LogP contribution in [0.3, 0.4) is 0 Å². The minimum Gasteiger partial charge on any atom is -0.352 e. The number of hydrogen-bond donors (Lipinski definition) is 2. The summed E-state index contributed by atoms with van der Waals surface area (Å²) in [5, 5.41) is 6.26. The van der Waals surface area contributed by atoms with Crippen LogP contribution in [0.1, 0.15) is 10.4 Å². The molecule has 0 aromatic heterocycles. The standard InChI is InChI=1S/C18H21N3O.ClH/c1-21(15-7-3-2-4-8-15)17-10-6-5-9-16(17)18(22)20-13-14-11-19-12-14;/h2-10,14,19H,11-13H2,1H3,(H,20,22);1H. The molecule has 122 valence electrons. The van der Waals surface area contributed by atoms with Gasteiger partial charge in [0.15, 0.2) is 0 Å². The maximum absolute atomic E-state index is 12.5. The average molecular weight is 332 g/mol. The number of nitrogens with one attached hydrogen (secondary N) is 2. The van der Waals surface area contributed by atoms with Crippen LogP contribution >= 0.6 is 12.4 Å². The fourth-order valence-electron chi connectivity index (χ4n) is 2.57. The van der Waals surface area contributed by atoms with Gasteiger partial charge in [-0.05, 0) is 24.3 Å². The fourth-order valence-corrected chi connectivity index (χ4v) is 2.57. The van der Waals surface area contributed by atoms with E-state index in [2.05, 4.69) is 10.6 Å². The van der Waals surface area contributed by atoms with Gasteiger partial charge in [0.25, 0.3) is 5.91 Å². The number of anilines is 2. The lowest BCUT2D eigenvalue weighted by molar-refractivity contribution is 0.0943. The molecule has 23 heavy (non-hydrogen) atoms. The van der Waals surface area contributed by atoms with Gasteiger partial charge in [0, 0.05) is 38.3 Å². The van der Waals surface area contributed by atoms with Gasteiger partial charge >= 0.3 is 0 Å². The summed E-state index contributed by atoms with van der Waals surface area (Å²) in [6.07, 6.45) is 0. The van der Waals surface area contributed by atoms with Crippen LogP contribution in [0, 0.1) is 5.92 Å². The maximum Gasteiger partial charge on any atom is 0.253 e. The highest BCUT2D eigenvalue weighted by Crippen LogP contribution is 2.26. The molecule has 0 aliphatic carbocycles. The molecule has 2 aromatic carbocycles. The molecule has 0 spiro atoms. The molecule has 1 aliphatic heterocycles. The van der Waals surface area contributed by atoms with E-state index >= 15 is 0 Å². The highest BCUT2D eigenvalue weighted by Gasteiger charge is 2.19. The summed E-state index contributed by atoms with van der Waals surface area (Å²) in [6, 6.07) is 17.8. The summed E-state index contributed by atoms with van der Waals surface area (Å²) in [5.74, 6) is 0.549. The normalized spacial score (nSPS) is 13.6. The molecule has 2 N–H and O–H groups in total. The molecule has 0 unspecified atom stereocenters. The number of rotatable bonds is 5. The third kappa shape index (κ3) is 4.03. The predicted octanol–water partition coefficient (Wildman–Crippen LogP) is 2.83. The number of hydrogen-bond acceptors (Lipinski definition) is 3. The Balaban J connectivity index is 0.00000192. The third-order valence-electron chi connectivity index (χ3n) is 4.07. The quantitative estimate of drug-likeness (QED) is 0.885. The van der Waals surface area contributed by atoms with Crippen LogP contribution in [-0.2, 0) is 0 Å². The lowest BCUT2D eigenvalue weighted by Gasteiger charge is -2.27. The van der Waals surface area contributed by atoms with E-state index < -0.39 is 0 Å². The first kappa shape index (κ1) is 17.3. The summed E-state index contributed by atoms with van der Waals surface area (Å²) in [4.78, 5) is 14.5. The molecule has 1 saturated heterocycles. The molecule has 2 aromatic rings. The summed E-state index contributed by atoms with van der Waals surface area (Å²) in [5.41, 5.74) is 2.69. The number of amides is 1. The zero-order chi connectivity index (χ0) is 15.4. The van der Waals surface area contributed by atoms with Gasteiger partial charge < -0.3 is 15.5 Å². The molecule has 0 saturated carbocycles. The Morgan fingerprint density at radius 2 is 1.78 bits per heavy atom. The SMILES string of the molecule is CN(c1ccccc1)c1ccccc1C(=O)NCC1CNC1.Cl. The Labute approximate surface area is 143 Å². The Morgan fingerprint density at radius 3 is 2.43 bits per heavy atom. The Kier molecular flexibility index (Phi) is 6.02. The van der Waals surface area contributed by atoms with Gasteiger partial charge in [0.2, 0.25) is 0 Å². The molecule has 0 radical (unpaired) electrons. The predicted molar refractivity (Wildman–Crippen MR) is 96.9 cm³/mol. The number of carbonyl (C=O) groups is 1. The lowest BCUT2D eigenvalue weighted by Crippen LogP contribution is -2.48. The maximum atomic E-state index is 12.5. The van der Waals surface area contributed by atoms with Crippen molar-refractivity contribution in [2.45, 2.75) is 0 Å². The third-order valence-corrected chi connectivity index (χ3v) is 4.07. The Hall–Kier alpha value is -2.04. The van der Waals surface area contributed by atoms with Crippen molar-refractivity contribution in [3.8, 4) is 0 Å². The van der Waals surface area contributed by atoms with E-state index in [-0.39, 0.29) is 18.3 Å². The zero-order valence-electron chi connectivity index (χ0n) is 13.2. The summed E-state index contributed by atoms with van der Waals surface area (Å²) in [7, 11) is 1.98. The van der Waals surface area contributed by atoms with Crippen LogP contribution in [0.25, 0.3) is 0 Å². The molecule has 5 heteroatoms. The molecular formula is C18H22ClN3O. The number of nitrogens with zero attached hydrogens (tertiary/aromatic N) is 1. The Morgan fingerprint density at radius 1 is 1.13 bits per heavy atom. The molecule has 0 atom stereocenters. The minimum absolute atomic E-state index is 0. The van der Waals surface area contributed by atoms with E-state index in [1.165, 1.54) is 0 Å². The molecule has 1 aliphatic rings. The van der Waals surface area contributed by atoms with Gasteiger partial charge in [-0.2, -0.15) is 0 Å². The van der Waals surface area contributed by atoms with Crippen LogP contribution in [0.5, 0.6) is 0 Å². The van der Waals surface area contributed by atoms with E-state index in [1.54, 1.807) is 0 Å². The van der Waals surface area contributed by atoms with Crippen LogP contribution in [-0.4, -0.2) is 32.6 Å². The monoisotopic (exact) mass is 331 g/mol. The van der Waals surface area contributed by atoms with Crippen molar-refractivity contribution in [2.24, 2.45) is 5.92 Å². The second-order valence-electron chi connectivity index (χ2n) is 5.65. The molecule has 1 fully saturated rings. The smallest absolute Gasteiger partial charge is 0.253 e. The largest absolute Gasteiger partial charge is 0.352 e. The summed E-state index contributed by atoms with van der Waals surface area (Å²) in [6.45, 7) is 2.72. The number of para-hydroxylation sites is 2. The van der Waals surface area contributed by atoms with Gasteiger partial charge in [-0.25, -0.2) is 0 Å². The van der Waals surface area contributed by atoms with Gasteiger partial charge in [-0.1, -0.05) is 30.3 Å². The van der Waals surface area contributed by atoms with Gasteiger partial charge in [-0.15, -0.1) is 12.4 Å². The van der Waals surface area contributed by atoms with E-state index in [0.717, 1.165) is 31.0 Å². The number of halogens is 1. The van der Waals surface area contributed by atoms with E-state index in [0.29, 0.717) is 11.5 Å². The molecule has 0 bridgehead atoms. The van der Waals surface area contributed by atoms with Crippen LogP contribution < -0.4 is 15.5 Å². The molecule has 3 rings (SSSR count). The molecule has 1 amide bonds. The van der Waals surface area contributed by atoms with Gasteiger partial charge in [-0.3, -0.25) is 4.79 Å². The van der Waals surface area contributed by atoms with Crippen molar-refractivity contribution in [3.05, 3.63) is 60.2 Å². The van der Waals surface area contributed by atoms with Crippen molar-refractivity contribution in [1.29, 1.82) is 0 Å². The van der Waals surface area contributed by atoms with Crippen LogP contribution in [0.2, 0.25) is 0 Å². The highest BCUT2D eigenvalue weighted by molar-refractivity contribution is 6.00. The molecule has 4 nitrogen and oxygen atoms in total. The first-order valence-electron chi connectivity index (χ1n) is 7.62. The van der Waals surface area contributed by atoms with Crippen LogP contribution in [0.15, 0.2) is 54.6 Å². The van der Waals surface area contributed by atoms with E-state index in [9.17, 15) is 4.79 Å². The minimum atomic E-state index is -0.00900. The van der Waals surface area contributed by atoms with Gasteiger partial charge in [0.1, 0.15) is 0 Å². The number of carbonyl (C=O) groups excluding carboxylic acids is 1. The van der Waals surface area contributed by atoms with Crippen molar-refractivity contribution < 1.29 is 4.79 Å². The average Bonchev–Trinajstić information content (AvgIpc) is 2.53. The zero-order valence-corrected chi connectivity index (χ0v) is 14.0. The second-order valence-corrected chi connectivity index (χ2v) is 5.65. The second kappa shape index (κ2) is 7.99. The van der Waals surface area contributed by atoms with Gasteiger partial charge in [0.05, 0.1) is 11.3 Å². The fraction of sp³-hybridized carbons (Fsp3) is 0.278. The summed E-state index contributed by atoms with van der Waals surface area (Å²) < 4.78 is 0. The first-order valence-corrected chi connectivity index (χ1v) is 7.62. The first-order chi connectivity index (χ1) is 10.8. The van der Waals surface area contributed by atoms with E-state index in [4.69, 9.17) is 0 Å². The molecule has 1 heterocycles. The summed E-state index contributed by atoms with van der Waals surface area (Å²) >= 11 is 0. The number of benzene rings is 2.